The fourth-order valence-corrected chi connectivity index (χ4v) is 5.25. The summed E-state index contributed by atoms with van der Waals surface area (Å²) >= 11 is 1.71. The summed E-state index contributed by atoms with van der Waals surface area (Å²) in [5, 5.41) is 1.01. The maximum absolute atomic E-state index is 13.1. The van der Waals surface area contributed by atoms with Crippen molar-refractivity contribution >= 4 is 49.6 Å². The molecule has 1 saturated heterocycles. The van der Waals surface area contributed by atoms with Crippen LogP contribution in [0.15, 0.2) is 42.5 Å². The summed E-state index contributed by atoms with van der Waals surface area (Å²) in [4.78, 5) is 26.6. The van der Waals surface area contributed by atoms with Crippen LogP contribution in [0.3, 0.4) is 0 Å². The molecule has 0 bridgehead atoms. The normalized spacial score (nSPS) is 16.8. The van der Waals surface area contributed by atoms with Gasteiger partial charge >= 0.3 is 0 Å². The van der Waals surface area contributed by atoms with E-state index in [0.717, 1.165) is 47.3 Å². The van der Waals surface area contributed by atoms with Crippen molar-refractivity contribution in [3.63, 3.8) is 0 Å². The molecule has 4 aromatic rings. The van der Waals surface area contributed by atoms with E-state index >= 15 is 0 Å². The van der Waals surface area contributed by atoms with Crippen molar-refractivity contribution in [2.75, 3.05) is 29.4 Å². The van der Waals surface area contributed by atoms with Crippen LogP contribution in [0.4, 0.5) is 11.1 Å². The van der Waals surface area contributed by atoms with Gasteiger partial charge in [0.05, 0.1) is 27.2 Å². The average Bonchev–Trinajstić information content (AvgIpc) is 3.32. The Balaban J connectivity index is 1.21. The number of anilines is 2. The van der Waals surface area contributed by atoms with Gasteiger partial charge in [-0.05, 0) is 36.8 Å². The molecule has 140 valence electrons. The van der Waals surface area contributed by atoms with Crippen LogP contribution in [0.1, 0.15) is 5.56 Å². The first-order valence-electron chi connectivity index (χ1n) is 9.56. The topological polar surface area (TPSA) is 54.3 Å². The number of carbonyl (C=O) groups excluding carboxylic acids is 1. The van der Waals surface area contributed by atoms with Gasteiger partial charge < -0.3 is 9.47 Å². The minimum atomic E-state index is 0.0140. The highest BCUT2D eigenvalue weighted by atomic mass is 32.1. The summed E-state index contributed by atoms with van der Waals surface area (Å²) in [5.41, 5.74) is 4.34. The fraction of sp³-hybridized carbons (Fsp3) is 0.286. The highest BCUT2D eigenvalue weighted by molar-refractivity contribution is 7.22. The van der Waals surface area contributed by atoms with Crippen LogP contribution in [0.2, 0.25) is 0 Å². The van der Waals surface area contributed by atoms with E-state index in [9.17, 15) is 4.79 Å². The van der Waals surface area contributed by atoms with E-state index in [1.54, 1.807) is 11.3 Å². The molecule has 2 aliphatic heterocycles. The van der Waals surface area contributed by atoms with E-state index in [-0.39, 0.29) is 11.8 Å². The van der Waals surface area contributed by atoms with Crippen LogP contribution in [0.25, 0.3) is 21.3 Å². The molecule has 28 heavy (non-hydrogen) atoms. The Morgan fingerprint density at radius 3 is 2.82 bits per heavy atom. The first-order chi connectivity index (χ1) is 13.7. The molecule has 1 amide bonds. The molecule has 0 saturated carbocycles. The Bertz CT molecular complexity index is 1240. The summed E-state index contributed by atoms with van der Waals surface area (Å²) < 4.78 is 3.36. The molecule has 0 spiro atoms. The Labute approximate surface area is 166 Å². The Hall–Kier alpha value is -2.93. The lowest BCUT2D eigenvalue weighted by Crippen LogP contribution is -2.54. The highest BCUT2D eigenvalue weighted by Gasteiger charge is 2.40. The van der Waals surface area contributed by atoms with Gasteiger partial charge in [0.25, 0.3) is 0 Å². The fourth-order valence-electron chi connectivity index (χ4n) is 4.16. The first-order valence-corrected chi connectivity index (χ1v) is 10.4. The number of fused-ring (bicyclic) bond motifs is 4. The SMILES string of the molecule is Cc1ccc2nc(N3CC(C(=O)N4CCn5c4nc4ccccc45)C3)sc2c1. The van der Waals surface area contributed by atoms with Crippen molar-refractivity contribution in [1.82, 2.24) is 14.5 Å². The maximum Gasteiger partial charge on any atom is 0.236 e. The zero-order valence-corrected chi connectivity index (χ0v) is 16.3. The Morgan fingerprint density at radius 2 is 1.93 bits per heavy atom. The number of nitrogens with zero attached hydrogens (tertiary/aromatic N) is 5. The number of hydrogen-bond donors (Lipinski definition) is 0. The number of carbonyl (C=O) groups is 1. The van der Waals surface area contributed by atoms with E-state index in [1.807, 2.05) is 23.1 Å². The minimum absolute atomic E-state index is 0.0140. The lowest BCUT2D eigenvalue weighted by Gasteiger charge is -2.39. The van der Waals surface area contributed by atoms with E-state index in [2.05, 4.69) is 40.7 Å². The zero-order chi connectivity index (χ0) is 18.8. The third kappa shape index (κ3) is 2.29. The smallest absolute Gasteiger partial charge is 0.236 e. The van der Waals surface area contributed by atoms with Crippen molar-refractivity contribution in [3.05, 3.63) is 48.0 Å². The van der Waals surface area contributed by atoms with E-state index in [0.29, 0.717) is 6.54 Å². The molecule has 6 nitrogen and oxygen atoms in total. The molecular weight excluding hydrogens is 370 g/mol. The standard InChI is InChI=1S/C21H19N5OS/c1-13-6-7-16-18(10-13)28-21(23-16)24-11-14(12-24)19(27)26-9-8-25-17-5-3-2-4-15(17)22-20(25)26/h2-7,10,14H,8-9,11-12H2,1H3. The van der Waals surface area contributed by atoms with Gasteiger partial charge in [0.15, 0.2) is 5.13 Å². The van der Waals surface area contributed by atoms with E-state index in [4.69, 9.17) is 9.97 Å². The number of aryl methyl sites for hydroxylation is 1. The average molecular weight is 389 g/mol. The molecule has 4 heterocycles. The molecule has 2 aromatic carbocycles. The third-order valence-electron chi connectivity index (χ3n) is 5.72. The molecule has 2 aromatic heterocycles. The second-order valence-corrected chi connectivity index (χ2v) is 8.62. The number of amides is 1. The number of thiazole rings is 1. The first kappa shape index (κ1) is 16.1. The molecule has 2 aliphatic rings. The number of aromatic nitrogens is 3. The number of benzene rings is 2. The summed E-state index contributed by atoms with van der Waals surface area (Å²) in [6, 6.07) is 14.4. The van der Waals surface area contributed by atoms with Gasteiger partial charge in [-0.15, -0.1) is 0 Å². The molecule has 0 unspecified atom stereocenters. The van der Waals surface area contributed by atoms with Crippen LogP contribution in [0, 0.1) is 12.8 Å². The maximum atomic E-state index is 13.1. The summed E-state index contributed by atoms with van der Waals surface area (Å²) in [7, 11) is 0. The number of para-hydroxylation sites is 2. The van der Waals surface area contributed by atoms with Crippen LogP contribution in [-0.4, -0.2) is 40.1 Å². The van der Waals surface area contributed by atoms with Crippen LogP contribution in [0.5, 0.6) is 0 Å². The number of hydrogen-bond acceptors (Lipinski definition) is 5. The Morgan fingerprint density at radius 1 is 1.07 bits per heavy atom. The zero-order valence-electron chi connectivity index (χ0n) is 15.5. The summed E-state index contributed by atoms with van der Waals surface area (Å²) in [6.45, 7) is 5.08. The van der Waals surface area contributed by atoms with Crippen molar-refractivity contribution in [2.45, 2.75) is 13.5 Å². The molecule has 6 rings (SSSR count). The van der Waals surface area contributed by atoms with Gasteiger partial charge in [-0.2, -0.15) is 0 Å². The lowest BCUT2D eigenvalue weighted by atomic mass is 9.99. The number of rotatable bonds is 2. The summed E-state index contributed by atoms with van der Waals surface area (Å²) in [6.07, 6.45) is 0. The third-order valence-corrected chi connectivity index (χ3v) is 6.80. The van der Waals surface area contributed by atoms with Gasteiger partial charge in [-0.25, -0.2) is 9.97 Å². The molecule has 1 fully saturated rings. The van der Waals surface area contributed by atoms with Crippen molar-refractivity contribution < 1.29 is 4.79 Å². The van der Waals surface area contributed by atoms with Gasteiger partial charge in [-0.1, -0.05) is 29.5 Å². The molecule has 0 aliphatic carbocycles. The molecular formula is C21H19N5OS. The van der Waals surface area contributed by atoms with Gasteiger partial charge in [0.2, 0.25) is 11.9 Å². The Kier molecular flexibility index (Phi) is 3.32. The highest BCUT2D eigenvalue weighted by Crippen LogP contribution is 2.35. The lowest BCUT2D eigenvalue weighted by molar-refractivity contribution is -0.123. The molecule has 0 radical (unpaired) electrons. The number of imidazole rings is 1. The van der Waals surface area contributed by atoms with Gasteiger partial charge in [0.1, 0.15) is 0 Å². The van der Waals surface area contributed by atoms with Crippen LogP contribution in [-0.2, 0) is 11.3 Å². The van der Waals surface area contributed by atoms with Crippen molar-refractivity contribution in [3.8, 4) is 0 Å². The predicted molar refractivity (Wildman–Crippen MR) is 112 cm³/mol. The molecule has 7 heteroatoms. The minimum Gasteiger partial charge on any atom is -0.346 e. The summed E-state index contributed by atoms with van der Waals surface area (Å²) in [5.74, 6) is 0.988. The van der Waals surface area contributed by atoms with Gasteiger partial charge in [0, 0.05) is 26.2 Å². The predicted octanol–water partition coefficient (Wildman–Crippen LogP) is 3.44. The van der Waals surface area contributed by atoms with Crippen molar-refractivity contribution in [1.29, 1.82) is 0 Å². The van der Waals surface area contributed by atoms with Gasteiger partial charge in [-0.3, -0.25) is 9.69 Å². The van der Waals surface area contributed by atoms with E-state index in [1.165, 1.54) is 10.3 Å². The van der Waals surface area contributed by atoms with E-state index < -0.39 is 0 Å². The van der Waals surface area contributed by atoms with Crippen LogP contribution < -0.4 is 9.80 Å². The molecule has 0 N–H and O–H groups in total. The quantitative estimate of drug-likeness (QED) is 0.527. The second-order valence-electron chi connectivity index (χ2n) is 7.61. The second kappa shape index (κ2) is 5.78. The van der Waals surface area contributed by atoms with Crippen LogP contribution >= 0.6 is 11.3 Å². The molecule has 0 atom stereocenters. The largest absolute Gasteiger partial charge is 0.346 e. The van der Waals surface area contributed by atoms with Crippen molar-refractivity contribution in [2.24, 2.45) is 5.92 Å². The monoisotopic (exact) mass is 389 g/mol.